The number of benzene rings is 1. The Kier molecular flexibility index (Phi) is 4.46. The van der Waals surface area contributed by atoms with Crippen LogP contribution in [0, 0.1) is 5.82 Å². The number of rotatable bonds is 6. The number of nitrogens with zero attached hydrogens (tertiary/aromatic N) is 3. The standard InChI is InChI=1S/C15H15FN4O2S/c16-11-3-1-10(2-4-11)7-12-8-23-13(19-12)5-6-15(21,22)14-17-9-18-20-14/h1-4,8-9,21-22H,5-7H2,(H,17,18,20). The van der Waals surface area contributed by atoms with Gasteiger partial charge in [0.25, 0.3) is 0 Å². The van der Waals surface area contributed by atoms with E-state index in [-0.39, 0.29) is 18.1 Å². The van der Waals surface area contributed by atoms with Gasteiger partial charge in [-0.1, -0.05) is 12.1 Å². The van der Waals surface area contributed by atoms with Gasteiger partial charge < -0.3 is 10.2 Å². The molecule has 0 spiro atoms. The molecule has 2 aromatic heterocycles. The van der Waals surface area contributed by atoms with Crippen molar-refractivity contribution >= 4 is 11.3 Å². The number of H-pyrrole nitrogens is 1. The van der Waals surface area contributed by atoms with Gasteiger partial charge in [-0.3, -0.25) is 5.10 Å². The predicted molar refractivity (Wildman–Crippen MR) is 82.1 cm³/mol. The van der Waals surface area contributed by atoms with Crippen molar-refractivity contribution in [2.24, 2.45) is 0 Å². The Morgan fingerprint density at radius 2 is 2.00 bits per heavy atom. The summed E-state index contributed by atoms with van der Waals surface area (Å²) >= 11 is 1.46. The van der Waals surface area contributed by atoms with Crippen LogP contribution < -0.4 is 0 Å². The van der Waals surface area contributed by atoms with E-state index in [0.717, 1.165) is 16.3 Å². The fourth-order valence-corrected chi connectivity index (χ4v) is 2.95. The average Bonchev–Trinajstić information content (AvgIpc) is 3.19. The Hall–Kier alpha value is -2.16. The summed E-state index contributed by atoms with van der Waals surface area (Å²) in [5, 5.41) is 28.7. The first-order valence-corrected chi connectivity index (χ1v) is 7.89. The first-order valence-electron chi connectivity index (χ1n) is 7.01. The van der Waals surface area contributed by atoms with Crippen molar-refractivity contribution in [2.45, 2.75) is 25.0 Å². The highest BCUT2D eigenvalue weighted by Gasteiger charge is 2.29. The number of nitrogens with one attached hydrogen (secondary N) is 1. The molecule has 3 rings (SSSR count). The number of aryl methyl sites for hydroxylation is 1. The van der Waals surface area contributed by atoms with Crippen LogP contribution in [0.5, 0.6) is 0 Å². The molecule has 1 aromatic carbocycles. The van der Waals surface area contributed by atoms with E-state index in [9.17, 15) is 14.6 Å². The van der Waals surface area contributed by atoms with E-state index in [0.29, 0.717) is 12.8 Å². The predicted octanol–water partition coefficient (Wildman–Crippen LogP) is 1.76. The van der Waals surface area contributed by atoms with Crippen LogP contribution in [0.15, 0.2) is 36.0 Å². The zero-order chi connectivity index (χ0) is 16.3. The maximum atomic E-state index is 12.9. The van der Waals surface area contributed by atoms with Gasteiger partial charge in [0.15, 0.2) is 5.82 Å². The fraction of sp³-hybridized carbons (Fsp3) is 0.267. The van der Waals surface area contributed by atoms with Crippen molar-refractivity contribution in [3.63, 3.8) is 0 Å². The molecule has 23 heavy (non-hydrogen) atoms. The van der Waals surface area contributed by atoms with Crippen molar-refractivity contribution in [1.82, 2.24) is 20.2 Å². The van der Waals surface area contributed by atoms with Crippen LogP contribution in [-0.4, -0.2) is 30.4 Å². The molecular formula is C15H15FN4O2S. The third-order valence-corrected chi connectivity index (χ3v) is 4.34. The monoisotopic (exact) mass is 334 g/mol. The fourth-order valence-electron chi connectivity index (χ4n) is 2.15. The molecule has 0 radical (unpaired) electrons. The molecule has 120 valence electrons. The maximum absolute atomic E-state index is 12.9. The number of thiazole rings is 1. The minimum Gasteiger partial charge on any atom is -0.360 e. The average molecular weight is 334 g/mol. The van der Waals surface area contributed by atoms with Gasteiger partial charge in [-0.25, -0.2) is 14.4 Å². The Bertz CT molecular complexity index is 756. The molecule has 3 aromatic rings. The van der Waals surface area contributed by atoms with Crippen molar-refractivity contribution < 1.29 is 14.6 Å². The second-order valence-electron chi connectivity index (χ2n) is 5.19. The van der Waals surface area contributed by atoms with E-state index in [2.05, 4.69) is 20.2 Å². The smallest absolute Gasteiger partial charge is 0.225 e. The molecule has 0 aliphatic rings. The van der Waals surface area contributed by atoms with Crippen molar-refractivity contribution in [3.8, 4) is 0 Å². The lowest BCUT2D eigenvalue weighted by molar-refractivity contribution is -0.180. The van der Waals surface area contributed by atoms with E-state index in [4.69, 9.17) is 0 Å². The summed E-state index contributed by atoms with van der Waals surface area (Å²) in [7, 11) is 0. The van der Waals surface area contributed by atoms with Crippen molar-refractivity contribution in [3.05, 3.63) is 63.9 Å². The largest absolute Gasteiger partial charge is 0.360 e. The molecule has 8 heteroatoms. The van der Waals surface area contributed by atoms with Crippen LogP contribution in [0.25, 0.3) is 0 Å². The summed E-state index contributed by atoms with van der Waals surface area (Å²) in [5.41, 5.74) is 1.85. The maximum Gasteiger partial charge on any atom is 0.225 e. The minimum atomic E-state index is -2.06. The van der Waals surface area contributed by atoms with E-state index in [1.807, 2.05) is 5.38 Å². The van der Waals surface area contributed by atoms with Gasteiger partial charge in [-0.15, -0.1) is 11.3 Å². The van der Waals surface area contributed by atoms with Gasteiger partial charge in [-0.05, 0) is 17.7 Å². The number of halogens is 1. The van der Waals surface area contributed by atoms with Crippen LogP contribution in [0.2, 0.25) is 0 Å². The molecule has 0 amide bonds. The molecule has 0 saturated heterocycles. The molecule has 6 nitrogen and oxygen atoms in total. The zero-order valence-electron chi connectivity index (χ0n) is 12.1. The van der Waals surface area contributed by atoms with Crippen molar-refractivity contribution in [1.29, 1.82) is 0 Å². The number of hydrogen-bond acceptors (Lipinski definition) is 6. The van der Waals surface area contributed by atoms with E-state index in [1.165, 1.54) is 29.8 Å². The quantitative estimate of drug-likeness (QED) is 0.597. The Morgan fingerprint density at radius 3 is 2.70 bits per heavy atom. The highest BCUT2D eigenvalue weighted by atomic mass is 32.1. The highest BCUT2D eigenvalue weighted by Crippen LogP contribution is 2.22. The summed E-state index contributed by atoms with van der Waals surface area (Å²) in [4.78, 5) is 8.22. The van der Waals surface area contributed by atoms with Gasteiger partial charge >= 0.3 is 0 Å². The molecule has 0 aliphatic carbocycles. The molecule has 3 N–H and O–H groups in total. The molecule has 0 bridgehead atoms. The Morgan fingerprint density at radius 1 is 1.22 bits per heavy atom. The first kappa shape index (κ1) is 15.7. The Balaban J connectivity index is 1.60. The lowest BCUT2D eigenvalue weighted by Gasteiger charge is -2.17. The second kappa shape index (κ2) is 6.53. The van der Waals surface area contributed by atoms with Crippen LogP contribution in [0.4, 0.5) is 4.39 Å². The number of aromatic amines is 1. The third kappa shape index (κ3) is 3.98. The van der Waals surface area contributed by atoms with Crippen molar-refractivity contribution in [2.75, 3.05) is 0 Å². The summed E-state index contributed by atoms with van der Waals surface area (Å²) in [6.45, 7) is 0. The van der Waals surface area contributed by atoms with Crippen LogP contribution in [0.1, 0.15) is 28.5 Å². The lowest BCUT2D eigenvalue weighted by Crippen LogP contribution is -2.27. The number of hydrogen-bond donors (Lipinski definition) is 3. The number of aliphatic hydroxyl groups is 2. The van der Waals surface area contributed by atoms with Crippen LogP contribution >= 0.6 is 11.3 Å². The molecule has 2 heterocycles. The summed E-state index contributed by atoms with van der Waals surface area (Å²) in [6.07, 6.45) is 2.30. The molecular weight excluding hydrogens is 319 g/mol. The van der Waals surface area contributed by atoms with Gasteiger partial charge in [0.2, 0.25) is 5.79 Å². The minimum absolute atomic E-state index is 0.0144. The van der Waals surface area contributed by atoms with E-state index < -0.39 is 5.79 Å². The molecule has 0 atom stereocenters. The van der Waals surface area contributed by atoms with Gasteiger partial charge in [0.1, 0.15) is 12.1 Å². The highest BCUT2D eigenvalue weighted by molar-refractivity contribution is 7.09. The second-order valence-corrected chi connectivity index (χ2v) is 6.13. The van der Waals surface area contributed by atoms with E-state index in [1.54, 1.807) is 12.1 Å². The lowest BCUT2D eigenvalue weighted by atomic mass is 10.1. The molecule has 0 aliphatic heterocycles. The summed E-state index contributed by atoms with van der Waals surface area (Å²) < 4.78 is 12.9. The number of aromatic nitrogens is 4. The van der Waals surface area contributed by atoms with E-state index >= 15 is 0 Å². The van der Waals surface area contributed by atoms with Gasteiger partial charge in [0.05, 0.1) is 10.7 Å². The normalized spacial score (nSPS) is 11.8. The molecule has 0 saturated carbocycles. The molecule has 0 fully saturated rings. The Labute approximate surface area is 135 Å². The molecule has 0 unspecified atom stereocenters. The summed E-state index contributed by atoms with van der Waals surface area (Å²) in [5.74, 6) is -2.30. The van der Waals surface area contributed by atoms with Crippen LogP contribution in [0.3, 0.4) is 0 Å². The van der Waals surface area contributed by atoms with Gasteiger partial charge in [0, 0.05) is 24.6 Å². The van der Waals surface area contributed by atoms with Crippen LogP contribution in [-0.2, 0) is 18.6 Å². The third-order valence-electron chi connectivity index (χ3n) is 3.38. The van der Waals surface area contributed by atoms with Gasteiger partial charge in [-0.2, -0.15) is 5.10 Å². The summed E-state index contributed by atoms with van der Waals surface area (Å²) in [6, 6.07) is 6.30. The first-order chi connectivity index (χ1) is 11.0. The SMILES string of the molecule is OC(O)(CCc1nc(Cc2ccc(F)cc2)cs1)c1ncn[nH]1. The topological polar surface area (TPSA) is 94.9 Å². The zero-order valence-corrected chi connectivity index (χ0v) is 12.9.